The molecule has 0 radical (unpaired) electrons. The number of carbonyl (C=O) groups is 1. The summed E-state index contributed by atoms with van der Waals surface area (Å²) < 4.78 is 0. The van der Waals surface area contributed by atoms with Gasteiger partial charge in [0.05, 0.1) is 10.6 Å². The smallest absolute Gasteiger partial charge is 0.257 e. The highest BCUT2D eigenvalue weighted by molar-refractivity contribution is 7.80. The molecule has 0 heterocycles. The second-order valence-corrected chi connectivity index (χ2v) is 5.31. The molecule has 1 amide bonds. The summed E-state index contributed by atoms with van der Waals surface area (Å²) in [6.45, 7) is 2.88. The first-order chi connectivity index (χ1) is 10.0. The van der Waals surface area contributed by atoms with Crippen LogP contribution >= 0.6 is 12.2 Å². The van der Waals surface area contributed by atoms with Crippen LogP contribution in [-0.4, -0.2) is 34.0 Å². The van der Waals surface area contributed by atoms with Crippen LogP contribution in [0, 0.1) is 0 Å². The molecule has 2 aromatic carbocycles. The summed E-state index contributed by atoms with van der Waals surface area (Å²) in [6.07, 6.45) is 0.475. The number of amides is 1. The monoisotopic (exact) mass is 302 g/mol. The predicted molar refractivity (Wildman–Crippen MR) is 88.6 cm³/mol. The lowest BCUT2D eigenvalue weighted by Crippen LogP contribution is -2.33. The van der Waals surface area contributed by atoms with E-state index in [4.69, 9.17) is 18.0 Å². The first-order valence-electron chi connectivity index (χ1n) is 6.83. The third-order valence-corrected chi connectivity index (χ3v) is 3.63. The Morgan fingerprint density at radius 1 is 1.29 bits per heavy atom. The number of nitrogens with zero attached hydrogens (tertiary/aromatic N) is 1. The van der Waals surface area contributed by atoms with Crippen LogP contribution < -0.4 is 5.73 Å². The zero-order valence-corrected chi connectivity index (χ0v) is 12.7. The molecule has 3 N–H and O–H groups in total. The van der Waals surface area contributed by atoms with Gasteiger partial charge in [-0.1, -0.05) is 42.5 Å². The van der Waals surface area contributed by atoms with Gasteiger partial charge < -0.3 is 15.7 Å². The lowest BCUT2D eigenvalue weighted by molar-refractivity contribution is 0.0766. The van der Waals surface area contributed by atoms with Crippen molar-refractivity contribution in [2.75, 3.05) is 13.1 Å². The molecule has 0 spiro atoms. The summed E-state index contributed by atoms with van der Waals surface area (Å²) in [5.74, 6) is -0.191. The minimum atomic E-state index is -0.211. The Bertz CT molecular complexity index is 685. The Morgan fingerprint density at radius 3 is 2.67 bits per heavy atom. The molecule has 2 rings (SSSR count). The molecular formula is C16H18N2O2S. The predicted octanol–water partition coefficient (Wildman–Crippen LogP) is 2.68. The minimum Gasteiger partial charge on any atom is -0.506 e. The second-order valence-electron chi connectivity index (χ2n) is 4.78. The van der Waals surface area contributed by atoms with E-state index in [1.807, 2.05) is 31.2 Å². The maximum absolute atomic E-state index is 12.5. The van der Waals surface area contributed by atoms with Crippen LogP contribution in [0.2, 0.25) is 0 Å². The summed E-state index contributed by atoms with van der Waals surface area (Å²) in [6, 6.07) is 10.9. The Labute approximate surface area is 129 Å². The van der Waals surface area contributed by atoms with Crippen molar-refractivity contribution in [3.8, 4) is 5.75 Å². The maximum atomic E-state index is 12.5. The van der Waals surface area contributed by atoms with Crippen LogP contribution in [-0.2, 0) is 0 Å². The summed E-state index contributed by atoms with van der Waals surface area (Å²) in [5.41, 5.74) is 5.79. The van der Waals surface area contributed by atoms with Gasteiger partial charge in [0.1, 0.15) is 5.75 Å². The molecule has 0 aliphatic carbocycles. The molecule has 0 aliphatic rings. The summed E-state index contributed by atoms with van der Waals surface area (Å²) in [7, 11) is 0. The molecular weight excluding hydrogens is 284 g/mol. The van der Waals surface area contributed by atoms with Gasteiger partial charge in [0.2, 0.25) is 0 Å². The summed E-state index contributed by atoms with van der Waals surface area (Å²) >= 11 is 4.84. The van der Waals surface area contributed by atoms with Crippen molar-refractivity contribution < 1.29 is 9.90 Å². The van der Waals surface area contributed by atoms with Crippen molar-refractivity contribution in [1.82, 2.24) is 4.90 Å². The molecule has 21 heavy (non-hydrogen) atoms. The average Bonchev–Trinajstić information content (AvgIpc) is 2.48. The molecule has 0 fully saturated rings. The quantitative estimate of drug-likeness (QED) is 0.833. The van der Waals surface area contributed by atoms with Gasteiger partial charge in [-0.2, -0.15) is 0 Å². The van der Waals surface area contributed by atoms with Gasteiger partial charge in [0, 0.05) is 24.9 Å². The van der Waals surface area contributed by atoms with Gasteiger partial charge in [0.15, 0.2) is 0 Å². The van der Waals surface area contributed by atoms with Crippen LogP contribution in [0.1, 0.15) is 23.7 Å². The third kappa shape index (κ3) is 3.31. The van der Waals surface area contributed by atoms with Gasteiger partial charge in [0.25, 0.3) is 5.91 Å². The van der Waals surface area contributed by atoms with E-state index in [1.54, 1.807) is 17.0 Å². The highest BCUT2D eigenvalue weighted by Crippen LogP contribution is 2.29. The van der Waals surface area contributed by atoms with Crippen LogP contribution in [0.25, 0.3) is 10.8 Å². The minimum absolute atomic E-state index is 0.0203. The molecule has 0 aliphatic heterocycles. The van der Waals surface area contributed by atoms with Gasteiger partial charge in [-0.05, 0) is 18.4 Å². The number of hydrogen-bond donors (Lipinski definition) is 2. The van der Waals surface area contributed by atoms with E-state index >= 15 is 0 Å². The first-order valence-corrected chi connectivity index (χ1v) is 7.23. The van der Waals surface area contributed by atoms with Crippen molar-refractivity contribution in [3.63, 3.8) is 0 Å². The molecule has 0 aromatic heterocycles. The van der Waals surface area contributed by atoms with Crippen molar-refractivity contribution >= 4 is 33.9 Å². The lowest BCUT2D eigenvalue weighted by Gasteiger charge is -2.21. The molecule has 2 aromatic rings. The lowest BCUT2D eigenvalue weighted by atomic mass is 10.0. The fourth-order valence-corrected chi connectivity index (χ4v) is 2.34. The number of phenolic OH excluding ortho intramolecular Hbond substituents is 1. The van der Waals surface area contributed by atoms with Crippen LogP contribution in [0.3, 0.4) is 0 Å². The highest BCUT2D eigenvalue weighted by Gasteiger charge is 2.19. The molecule has 0 bridgehead atoms. The molecule has 0 unspecified atom stereocenters. The van der Waals surface area contributed by atoms with Crippen LogP contribution in [0.15, 0.2) is 36.4 Å². The molecule has 5 heteroatoms. The fraction of sp³-hybridized carbons (Fsp3) is 0.250. The van der Waals surface area contributed by atoms with Gasteiger partial charge in [-0.3, -0.25) is 4.79 Å². The highest BCUT2D eigenvalue weighted by atomic mass is 32.1. The molecule has 110 valence electrons. The number of thiocarbonyl (C=S) groups is 1. The standard InChI is InChI=1S/C16H18N2O2S/c1-2-18(10-9-14(17)21)16(20)13-8-7-11-5-3-4-6-12(11)15(13)19/h3-8,19H,2,9-10H2,1H3,(H2,17,21). The van der Waals surface area contributed by atoms with Crippen molar-refractivity contribution in [3.05, 3.63) is 42.0 Å². The van der Waals surface area contributed by atoms with Gasteiger partial charge >= 0.3 is 0 Å². The van der Waals surface area contributed by atoms with Gasteiger partial charge in [-0.15, -0.1) is 0 Å². The van der Waals surface area contributed by atoms with E-state index in [2.05, 4.69) is 0 Å². The van der Waals surface area contributed by atoms with Crippen molar-refractivity contribution in [2.45, 2.75) is 13.3 Å². The number of benzene rings is 2. The Balaban J connectivity index is 2.33. The van der Waals surface area contributed by atoms with E-state index in [0.717, 1.165) is 5.39 Å². The average molecular weight is 302 g/mol. The fourth-order valence-electron chi connectivity index (χ4n) is 2.25. The Kier molecular flexibility index (Phi) is 4.75. The molecule has 4 nitrogen and oxygen atoms in total. The van der Waals surface area contributed by atoms with Crippen LogP contribution in [0.5, 0.6) is 5.75 Å². The number of hydrogen-bond acceptors (Lipinski definition) is 3. The summed E-state index contributed by atoms with van der Waals surface area (Å²) in [5, 5.41) is 11.9. The second kappa shape index (κ2) is 6.54. The zero-order chi connectivity index (χ0) is 15.4. The SMILES string of the molecule is CCN(CCC(N)=S)C(=O)c1ccc2ccccc2c1O. The topological polar surface area (TPSA) is 66.6 Å². The van der Waals surface area contributed by atoms with E-state index in [9.17, 15) is 9.90 Å². The Hall–Kier alpha value is -2.14. The van der Waals surface area contributed by atoms with E-state index < -0.39 is 0 Å². The van der Waals surface area contributed by atoms with Crippen molar-refractivity contribution in [1.29, 1.82) is 0 Å². The van der Waals surface area contributed by atoms with E-state index in [1.165, 1.54) is 0 Å². The first kappa shape index (κ1) is 15.3. The van der Waals surface area contributed by atoms with Crippen molar-refractivity contribution in [2.24, 2.45) is 5.73 Å². The van der Waals surface area contributed by atoms with E-state index in [-0.39, 0.29) is 11.7 Å². The van der Waals surface area contributed by atoms with E-state index in [0.29, 0.717) is 35.4 Å². The maximum Gasteiger partial charge on any atom is 0.257 e. The number of phenols is 1. The largest absolute Gasteiger partial charge is 0.506 e. The van der Waals surface area contributed by atoms with Gasteiger partial charge in [-0.25, -0.2) is 0 Å². The van der Waals surface area contributed by atoms with Crippen LogP contribution in [0.4, 0.5) is 0 Å². The third-order valence-electron chi connectivity index (χ3n) is 3.43. The molecule has 0 atom stereocenters. The summed E-state index contributed by atoms with van der Waals surface area (Å²) in [4.78, 5) is 14.5. The number of carbonyl (C=O) groups excluding carboxylic acids is 1. The normalized spacial score (nSPS) is 10.5. The number of aromatic hydroxyl groups is 1. The number of fused-ring (bicyclic) bond motifs is 1. The zero-order valence-electron chi connectivity index (χ0n) is 11.9. The Morgan fingerprint density at radius 2 is 2.00 bits per heavy atom. The molecule has 0 saturated heterocycles. The number of nitrogens with two attached hydrogens (primary N) is 1. The number of rotatable bonds is 5. The molecule has 0 saturated carbocycles.